The average molecular weight is 283 g/mol. The van der Waals surface area contributed by atoms with Gasteiger partial charge in [-0.2, -0.15) is 0 Å². The highest BCUT2D eigenvalue weighted by molar-refractivity contribution is 6.00. The van der Waals surface area contributed by atoms with E-state index in [1.807, 2.05) is 12.1 Å². The smallest absolute Gasteiger partial charge is 0.253 e. The minimum atomic E-state index is -0.139. The van der Waals surface area contributed by atoms with Crippen molar-refractivity contribution in [1.82, 2.24) is 5.32 Å². The average Bonchev–Trinajstić information content (AvgIpc) is 2.49. The zero-order chi connectivity index (χ0) is 15.2. The molecule has 4 N–H and O–H groups in total. The molecule has 110 valence electrons. The van der Waals surface area contributed by atoms with Crippen LogP contribution in [-0.4, -0.2) is 13.0 Å². The lowest BCUT2D eigenvalue weighted by atomic mass is 10.1. The number of carbonyl (C=O) groups excluding carboxylic acids is 1. The molecule has 0 aliphatic rings. The van der Waals surface area contributed by atoms with Crippen molar-refractivity contribution in [1.29, 1.82) is 0 Å². The van der Waals surface area contributed by atoms with E-state index >= 15 is 0 Å². The van der Waals surface area contributed by atoms with E-state index < -0.39 is 0 Å². The summed E-state index contributed by atoms with van der Waals surface area (Å²) in [7, 11) is 1.61. The number of anilines is 3. The van der Waals surface area contributed by atoms with Crippen molar-refractivity contribution in [3.63, 3.8) is 0 Å². The van der Waals surface area contributed by atoms with E-state index in [2.05, 4.69) is 29.7 Å². The number of aryl methyl sites for hydroxylation is 1. The first-order valence-electron chi connectivity index (χ1n) is 7.11. The van der Waals surface area contributed by atoms with Gasteiger partial charge in [0.15, 0.2) is 0 Å². The number of rotatable bonds is 5. The summed E-state index contributed by atoms with van der Waals surface area (Å²) in [6.45, 7) is 2.16. The Balaban J connectivity index is 2.25. The summed E-state index contributed by atoms with van der Waals surface area (Å²) in [5, 5.41) is 5.89. The van der Waals surface area contributed by atoms with Crippen molar-refractivity contribution in [2.45, 2.75) is 19.8 Å². The maximum absolute atomic E-state index is 11.9. The van der Waals surface area contributed by atoms with E-state index in [-0.39, 0.29) is 5.91 Å². The summed E-state index contributed by atoms with van der Waals surface area (Å²) in [5.74, 6) is -0.139. The van der Waals surface area contributed by atoms with E-state index in [0.717, 1.165) is 18.5 Å². The zero-order valence-corrected chi connectivity index (χ0v) is 12.4. The summed E-state index contributed by atoms with van der Waals surface area (Å²) in [5.41, 5.74) is 9.96. The van der Waals surface area contributed by atoms with Crippen LogP contribution in [0.1, 0.15) is 29.3 Å². The van der Waals surface area contributed by atoms with Crippen LogP contribution in [0, 0.1) is 0 Å². The van der Waals surface area contributed by atoms with E-state index in [1.165, 1.54) is 5.56 Å². The van der Waals surface area contributed by atoms with Crippen molar-refractivity contribution >= 4 is 23.0 Å². The third-order valence-electron chi connectivity index (χ3n) is 3.29. The Labute approximate surface area is 125 Å². The molecule has 0 heterocycles. The highest BCUT2D eigenvalue weighted by Crippen LogP contribution is 2.24. The minimum Gasteiger partial charge on any atom is -0.399 e. The van der Waals surface area contributed by atoms with Gasteiger partial charge in [-0.15, -0.1) is 0 Å². The van der Waals surface area contributed by atoms with Crippen LogP contribution in [0.25, 0.3) is 0 Å². The lowest BCUT2D eigenvalue weighted by molar-refractivity contribution is 0.0964. The van der Waals surface area contributed by atoms with Crippen LogP contribution in [0.5, 0.6) is 0 Å². The first kappa shape index (κ1) is 14.9. The Hall–Kier alpha value is -2.49. The second-order valence-corrected chi connectivity index (χ2v) is 4.96. The fraction of sp³-hybridized carbons (Fsp3) is 0.235. The molecule has 1 amide bonds. The van der Waals surface area contributed by atoms with E-state index in [9.17, 15) is 4.79 Å². The standard InChI is InChI=1S/C17H21N3O/c1-3-4-12-5-8-14(9-6-12)20-16-11-13(18)7-10-15(16)17(21)19-2/h5-11,20H,3-4,18H2,1-2H3,(H,19,21). The summed E-state index contributed by atoms with van der Waals surface area (Å²) in [6, 6.07) is 13.4. The fourth-order valence-corrected chi connectivity index (χ4v) is 2.20. The summed E-state index contributed by atoms with van der Waals surface area (Å²) in [6.07, 6.45) is 2.20. The molecule has 0 radical (unpaired) electrons. The second kappa shape index (κ2) is 6.79. The number of nitrogens with one attached hydrogen (secondary N) is 2. The summed E-state index contributed by atoms with van der Waals surface area (Å²) < 4.78 is 0. The van der Waals surface area contributed by atoms with E-state index in [0.29, 0.717) is 16.9 Å². The van der Waals surface area contributed by atoms with E-state index in [4.69, 9.17) is 5.73 Å². The lowest BCUT2D eigenvalue weighted by Gasteiger charge is -2.12. The Kier molecular flexibility index (Phi) is 4.82. The molecule has 2 rings (SSSR count). The molecule has 0 aliphatic heterocycles. The largest absolute Gasteiger partial charge is 0.399 e. The molecule has 0 aliphatic carbocycles. The molecule has 2 aromatic rings. The Morgan fingerprint density at radius 1 is 1.14 bits per heavy atom. The predicted molar refractivity (Wildman–Crippen MR) is 88.0 cm³/mol. The Bertz CT molecular complexity index is 620. The van der Waals surface area contributed by atoms with Crippen LogP contribution in [-0.2, 0) is 6.42 Å². The zero-order valence-electron chi connectivity index (χ0n) is 12.4. The van der Waals surface area contributed by atoms with Gasteiger partial charge in [-0.05, 0) is 42.3 Å². The molecule has 0 aromatic heterocycles. The minimum absolute atomic E-state index is 0.139. The van der Waals surface area contributed by atoms with Gasteiger partial charge in [-0.25, -0.2) is 0 Å². The first-order valence-corrected chi connectivity index (χ1v) is 7.11. The summed E-state index contributed by atoms with van der Waals surface area (Å²) >= 11 is 0. The Morgan fingerprint density at radius 2 is 1.86 bits per heavy atom. The number of nitrogen functional groups attached to an aromatic ring is 1. The SMILES string of the molecule is CCCc1ccc(Nc2cc(N)ccc2C(=O)NC)cc1. The Morgan fingerprint density at radius 3 is 2.48 bits per heavy atom. The number of hydrogen-bond acceptors (Lipinski definition) is 3. The number of carbonyl (C=O) groups is 1. The number of benzene rings is 2. The maximum Gasteiger partial charge on any atom is 0.253 e. The van der Waals surface area contributed by atoms with Gasteiger partial charge in [-0.1, -0.05) is 25.5 Å². The van der Waals surface area contributed by atoms with Crippen molar-refractivity contribution in [3.05, 3.63) is 53.6 Å². The second-order valence-electron chi connectivity index (χ2n) is 4.96. The van der Waals surface area contributed by atoms with Gasteiger partial charge in [0.05, 0.1) is 11.3 Å². The van der Waals surface area contributed by atoms with Gasteiger partial charge >= 0.3 is 0 Å². The van der Waals surface area contributed by atoms with Gasteiger partial charge in [0.25, 0.3) is 5.91 Å². The molecule has 0 atom stereocenters. The molecule has 0 spiro atoms. The lowest BCUT2D eigenvalue weighted by Crippen LogP contribution is -2.19. The molecule has 0 bridgehead atoms. The normalized spacial score (nSPS) is 10.2. The quantitative estimate of drug-likeness (QED) is 0.737. The molecule has 0 unspecified atom stereocenters. The van der Waals surface area contributed by atoms with Crippen LogP contribution in [0.3, 0.4) is 0 Å². The van der Waals surface area contributed by atoms with Crippen molar-refractivity contribution < 1.29 is 4.79 Å². The molecule has 0 fully saturated rings. The number of hydrogen-bond donors (Lipinski definition) is 3. The predicted octanol–water partition coefficient (Wildman–Crippen LogP) is 3.32. The topological polar surface area (TPSA) is 67.1 Å². The van der Waals surface area contributed by atoms with Crippen molar-refractivity contribution in [3.8, 4) is 0 Å². The van der Waals surface area contributed by atoms with Gasteiger partial charge in [0.2, 0.25) is 0 Å². The van der Waals surface area contributed by atoms with Gasteiger partial charge in [0.1, 0.15) is 0 Å². The number of amides is 1. The molecule has 0 saturated carbocycles. The third kappa shape index (κ3) is 3.75. The highest BCUT2D eigenvalue weighted by atomic mass is 16.1. The van der Waals surface area contributed by atoms with Crippen LogP contribution < -0.4 is 16.4 Å². The van der Waals surface area contributed by atoms with E-state index in [1.54, 1.807) is 25.2 Å². The number of nitrogens with two attached hydrogens (primary N) is 1. The fourth-order valence-electron chi connectivity index (χ4n) is 2.20. The van der Waals surface area contributed by atoms with Crippen LogP contribution in [0.4, 0.5) is 17.1 Å². The summed E-state index contributed by atoms with van der Waals surface area (Å²) in [4.78, 5) is 11.9. The molecular formula is C17H21N3O. The van der Waals surface area contributed by atoms with Crippen LogP contribution in [0.2, 0.25) is 0 Å². The van der Waals surface area contributed by atoms with Crippen LogP contribution in [0.15, 0.2) is 42.5 Å². The monoisotopic (exact) mass is 283 g/mol. The molecule has 21 heavy (non-hydrogen) atoms. The molecular weight excluding hydrogens is 262 g/mol. The molecule has 2 aromatic carbocycles. The third-order valence-corrected chi connectivity index (χ3v) is 3.29. The van der Waals surface area contributed by atoms with Crippen molar-refractivity contribution in [2.24, 2.45) is 0 Å². The molecule has 4 nitrogen and oxygen atoms in total. The van der Waals surface area contributed by atoms with Gasteiger partial charge in [0, 0.05) is 18.4 Å². The highest BCUT2D eigenvalue weighted by Gasteiger charge is 2.10. The maximum atomic E-state index is 11.9. The molecule has 4 heteroatoms. The van der Waals surface area contributed by atoms with Crippen molar-refractivity contribution in [2.75, 3.05) is 18.1 Å². The van der Waals surface area contributed by atoms with Gasteiger partial charge in [-0.3, -0.25) is 4.79 Å². The first-order chi connectivity index (χ1) is 10.1. The van der Waals surface area contributed by atoms with Crippen LogP contribution >= 0.6 is 0 Å². The molecule has 0 saturated heterocycles. The van der Waals surface area contributed by atoms with Gasteiger partial charge < -0.3 is 16.4 Å².